The Labute approximate surface area is 162 Å². The molecule has 0 aliphatic heterocycles. The first kappa shape index (κ1) is 17.3. The van der Waals surface area contributed by atoms with E-state index in [1.54, 1.807) is 17.5 Å². The van der Waals surface area contributed by atoms with Crippen LogP contribution in [0.3, 0.4) is 0 Å². The number of pyridine rings is 1. The van der Waals surface area contributed by atoms with E-state index >= 15 is 0 Å². The maximum atomic E-state index is 5.72. The van der Waals surface area contributed by atoms with Crippen LogP contribution in [0.1, 0.15) is 17.7 Å². The molecule has 4 rings (SSSR count). The van der Waals surface area contributed by atoms with E-state index in [1.165, 1.54) is 17.7 Å². The van der Waals surface area contributed by atoms with Crippen molar-refractivity contribution >= 4 is 23.6 Å². The van der Waals surface area contributed by atoms with Gasteiger partial charge in [0.1, 0.15) is 0 Å². The summed E-state index contributed by atoms with van der Waals surface area (Å²) in [5, 5.41) is 6.96. The van der Waals surface area contributed by atoms with E-state index in [9.17, 15) is 0 Å². The highest BCUT2D eigenvalue weighted by Crippen LogP contribution is 2.30. The van der Waals surface area contributed by atoms with Crippen LogP contribution in [-0.2, 0) is 19.8 Å². The molecule has 1 fully saturated rings. The van der Waals surface area contributed by atoms with Crippen LogP contribution in [0.5, 0.6) is 0 Å². The van der Waals surface area contributed by atoms with Gasteiger partial charge >= 0.3 is 0 Å². The summed E-state index contributed by atoms with van der Waals surface area (Å²) in [5.41, 5.74) is 0.968. The van der Waals surface area contributed by atoms with Crippen molar-refractivity contribution in [2.24, 2.45) is 0 Å². The first-order valence-corrected chi connectivity index (χ1v) is 10.0. The van der Waals surface area contributed by atoms with Crippen LogP contribution in [0, 0.1) is 4.77 Å². The third kappa shape index (κ3) is 3.70. The molecule has 0 radical (unpaired) electrons. The van der Waals surface area contributed by atoms with Crippen LogP contribution in [0.25, 0.3) is 11.4 Å². The SMILES string of the molecule is C=CCn1c(-c2cccnc2)nn(CN(Cc2cccs2)C2CC2)c1=S. The van der Waals surface area contributed by atoms with Crippen LogP contribution in [-0.4, -0.2) is 30.3 Å². The molecule has 5 nitrogen and oxygen atoms in total. The first-order valence-electron chi connectivity index (χ1n) is 8.71. The Morgan fingerprint density at radius 3 is 2.88 bits per heavy atom. The van der Waals surface area contributed by atoms with E-state index in [1.807, 2.05) is 33.7 Å². The number of rotatable bonds is 8. The van der Waals surface area contributed by atoms with Crippen molar-refractivity contribution in [1.82, 2.24) is 24.2 Å². The summed E-state index contributed by atoms with van der Waals surface area (Å²) in [7, 11) is 0. The molecule has 1 saturated carbocycles. The fraction of sp³-hybridized carbons (Fsp3) is 0.316. The molecule has 3 aromatic heterocycles. The van der Waals surface area contributed by atoms with E-state index in [-0.39, 0.29) is 0 Å². The van der Waals surface area contributed by atoms with E-state index < -0.39 is 0 Å². The van der Waals surface area contributed by atoms with Crippen LogP contribution >= 0.6 is 23.6 Å². The Kier molecular flexibility index (Phi) is 5.10. The van der Waals surface area contributed by atoms with Crippen molar-refractivity contribution < 1.29 is 0 Å². The number of nitrogens with zero attached hydrogens (tertiary/aromatic N) is 5. The lowest BCUT2D eigenvalue weighted by atomic mass is 10.3. The molecular formula is C19H21N5S2. The van der Waals surface area contributed by atoms with E-state index in [2.05, 4.69) is 34.0 Å². The van der Waals surface area contributed by atoms with Gasteiger partial charge in [-0.2, -0.15) is 5.10 Å². The molecule has 0 N–H and O–H groups in total. The van der Waals surface area contributed by atoms with Gasteiger partial charge in [-0.1, -0.05) is 12.1 Å². The molecule has 0 spiro atoms. The van der Waals surface area contributed by atoms with Gasteiger partial charge in [-0.25, -0.2) is 4.68 Å². The molecule has 134 valence electrons. The monoisotopic (exact) mass is 383 g/mol. The zero-order chi connectivity index (χ0) is 17.9. The summed E-state index contributed by atoms with van der Waals surface area (Å²) < 4.78 is 4.68. The van der Waals surface area contributed by atoms with E-state index in [4.69, 9.17) is 17.3 Å². The van der Waals surface area contributed by atoms with Crippen molar-refractivity contribution in [3.05, 3.63) is 64.3 Å². The smallest absolute Gasteiger partial charge is 0.199 e. The van der Waals surface area contributed by atoms with Gasteiger partial charge < -0.3 is 0 Å². The lowest BCUT2D eigenvalue weighted by Gasteiger charge is -2.20. The number of aromatic nitrogens is 4. The van der Waals surface area contributed by atoms with Crippen molar-refractivity contribution in [3.8, 4) is 11.4 Å². The quantitative estimate of drug-likeness (QED) is 0.428. The molecule has 26 heavy (non-hydrogen) atoms. The van der Waals surface area contributed by atoms with Gasteiger partial charge in [-0.3, -0.25) is 14.5 Å². The van der Waals surface area contributed by atoms with Crippen molar-refractivity contribution in [2.45, 2.75) is 38.6 Å². The lowest BCUT2D eigenvalue weighted by Crippen LogP contribution is -2.28. The summed E-state index contributed by atoms with van der Waals surface area (Å²) in [6, 6.07) is 8.86. The number of hydrogen-bond donors (Lipinski definition) is 0. The van der Waals surface area contributed by atoms with Crippen LogP contribution in [0.15, 0.2) is 54.7 Å². The number of thiophene rings is 1. The third-order valence-corrected chi connectivity index (χ3v) is 5.76. The second-order valence-electron chi connectivity index (χ2n) is 6.45. The van der Waals surface area contributed by atoms with Crippen molar-refractivity contribution in [3.63, 3.8) is 0 Å². The first-order chi connectivity index (χ1) is 12.8. The Hall–Kier alpha value is -2.09. The minimum absolute atomic E-state index is 0.630. The highest BCUT2D eigenvalue weighted by molar-refractivity contribution is 7.71. The Balaban J connectivity index is 1.65. The highest BCUT2D eigenvalue weighted by Gasteiger charge is 2.30. The zero-order valence-electron chi connectivity index (χ0n) is 14.5. The molecule has 0 unspecified atom stereocenters. The summed E-state index contributed by atoms with van der Waals surface area (Å²) in [6.07, 6.45) is 7.95. The average Bonchev–Trinajstić information content (AvgIpc) is 3.31. The van der Waals surface area contributed by atoms with E-state index in [0.29, 0.717) is 19.3 Å². The summed E-state index contributed by atoms with van der Waals surface area (Å²) in [5.74, 6) is 0.842. The van der Waals surface area contributed by atoms with Crippen molar-refractivity contribution in [2.75, 3.05) is 0 Å². The van der Waals surface area contributed by atoms with Gasteiger partial charge in [-0.05, 0) is 48.6 Å². The highest BCUT2D eigenvalue weighted by atomic mass is 32.1. The Morgan fingerprint density at radius 2 is 2.23 bits per heavy atom. The number of allylic oxidation sites excluding steroid dienone is 1. The zero-order valence-corrected chi connectivity index (χ0v) is 16.1. The molecule has 0 saturated heterocycles. The minimum Gasteiger partial charge on any atom is -0.296 e. The molecule has 0 bridgehead atoms. The molecule has 0 amide bonds. The molecule has 1 aliphatic rings. The van der Waals surface area contributed by atoms with Crippen LogP contribution < -0.4 is 0 Å². The maximum absolute atomic E-state index is 5.72. The second-order valence-corrected chi connectivity index (χ2v) is 7.84. The predicted octanol–water partition coefficient (Wildman–Crippen LogP) is 4.35. The molecule has 7 heteroatoms. The summed E-state index contributed by atoms with van der Waals surface area (Å²) in [4.78, 5) is 8.07. The van der Waals surface area contributed by atoms with Crippen LogP contribution in [0.2, 0.25) is 0 Å². The lowest BCUT2D eigenvalue weighted by molar-refractivity contribution is 0.188. The Bertz CT molecular complexity index is 923. The molecule has 3 heterocycles. The fourth-order valence-electron chi connectivity index (χ4n) is 3.04. The standard InChI is InChI=1S/C19H21N5S2/c1-2-10-23-18(15-5-3-9-20-12-15)21-24(19(23)25)14-22(16-7-8-16)13-17-6-4-11-26-17/h2-6,9,11-12,16H,1,7-8,10,13-14H2. The van der Waals surface area contributed by atoms with Crippen molar-refractivity contribution in [1.29, 1.82) is 0 Å². The summed E-state index contributed by atoms with van der Waals surface area (Å²) >= 11 is 7.52. The van der Waals surface area contributed by atoms with Gasteiger partial charge in [0.2, 0.25) is 0 Å². The van der Waals surface area contributed by atoms with E-state index in [0.717, 1.165) is 22.7 Å². The molecule has 0 atom stereocenters. The van der Waals surface area contributed by atoms with Gasteiger partial charge in [-0.15, -0.1) is 17.9 Å². The third-order valence-electron chi connectivity index (χ3n) is 4.47. The van der Waals surface area contributed by atoms with Gasteiger partial charge in [0.25, 0.3) is 0 Å². The average molecular weight is 384 g/mol. The van der Waals surface area contributed by atoms with Gasteiger partial charge in [0.05, 0.1) is 6.67 Å². The fourth-order valence-corrected chi connectivity index (χ4v) is 4.03. The topological polar surface area (TPSA) is 38.9 Å². The Morgan fingerprint density at radius 1 is 1.35 bits per heavy atom. The molecule has 1 aliphatic carbocycles. The van der Waals surface area contributed by atoms with Gasteiger partial charge in [0, 0.05) is 42.0 Å². The largest absolute Gasteiger partial charge is 0.296 e. The minimum atomic E-state index is 0.630. The predicted molar refractivity (Wildman–Crippen MR) is 107 cm³/mol. The molecule has 3 aromatic rings. The molecular weight excluding hydrogens is 362 g/mol. The number of hydrogen-bond acceptors (Lipinski definition) is 5. The van der Waals surface area contributed by atoms with Gasteiger partial charge in [0.15, 0.2) is 10.6 Å². The second kappa shape index (κ2) is 7.65. The maximum Gasteiger partial charge on any atom is 0.199 e. The normalized spacial score (nSPS) is 14.0. The summed E-state index contributed by atoms with van der Waals surface area (Å²) in [6.45, 7) is 6.15. The van der Waals surface area contributed by atoms with Crippen LogP contribution in [0.4, 0.5) is 0 Å². The molecule has 0 aromatic carbocycles.